The number of nitrogen functional groups attached to an aromatic ring is 1. The Labute approximate surface area is 122 Å². The van der Waals surface area contributed by atoms with Gasteiger partial charge in [0.1, 0.15) is 5.69 Å². The van der Waals surface area contributed by atoms with Crippen LogP contribution in [-0.4, -0.2) is 27.2 Å². The van der Waals surface area contributed by atoms with Crippen LogP contribution in [0.1, 0.15) is 16.1 Å². The number of hydrogen-bond donors (Lipinski definition) is 3. The summed E-state index contributed by atoms with van der Waals surface area (Å²) in [6.07, 6.45) is 1.24. The fourth-order valence-corrected chi connectivity index (χ4v) is 1.48. The van der Waals surface area contributed by atoms with Crippen molar-refractivity contribution in [1.29, 1.82) is 0 Å². The highest BCUT2D eigenvalue weighted by atomic mass is 16.6. The highest BCUT2D eigenvalue weighted by Crippen LogP contribution is 2.11. The van der Waals surface area contributed by atoms with Gasteiger partial charge in [-0.1, -0.05) is 12.1 Å². The molecule has 0 aliphatic carbocycles. The number of aromatic amines is 1. The van der Waals surface area contributed by atoms with Crippen molar-refractivity contribution in [3.8, 4) is 0 Å². The smallest absolute Gasteiger partial charge is 0.291 e. The molecular weight excluding hydrogens is 292 g/mol. The molecule has 0 aliphatic heterocycles. The van der Waals surface area contributed by atoms with Crippen LogP contribution in [0.5, 0.6) is 0 Å². The highest BCUT2D eigenvalue weighted by molar-refractivity contribution is 5.93. The summed E-state index contributed by atoms with van der Waals surface area (Å²) in [6.45, 7) is 0. The van der Waals surface area contributed by atoms with Crippen LogP contribution in [-0.2, 0) is 0 Å². The second-order valence-electron chi connectivity index (χ2n) is 4.09. The summed E-state index contributed by atoms with van der Waals surface area (Å²) in [4.78, 5) is 32.8. The maximum atomic E-state index is 11.7. The van der Waals surface area contributed by atoms with Gasteiger partial charge in [-0.3, -0.25) is 19.7 Å². The van der Waals surface area contributed by atoms with Crippen LogP contribution in [0.15, 0.2) is 40.2 Å². The van der Waals surface area contributed by atoms with Crippen molar-refractivity contribution in [2.75, 3.05) is 5.73 Å². The molecule has 10 nitrogen and oxygen atoms in total. The molecule has 0 atom stereocenters. The lowest BCUT2D eigenvalue weighted by Crippen LogP contribution is -2.23. The summed E-state index contributed by atoms with van der Waals surface area (Å²) in [6, 6.07) is 6.82. The van der Waals surface area contributed by atoms with Crippen molar-refractivity contribution in [2.45, 2.75) is 0 Å². The Hall–Kier alpha value is -3.56. The number of aromatic nitrogens is 2. The van der Waals surface area contributed by atoms with Gasteiger partial charge in [-0.15, -0.1) is 0 Å². The number of nitro benzene ring substituents is 1. The number of rotatable bonds is 4. The number of nitrogens with two attached hydrogens (primary N) is 1. The molecule has 0 aliphatic rings. The third-order valence-corrected chi connectivity index (χ3v) is 2.53. The summed E-state index contributed by atoms with van der Waals surface area (Å²) in [5.41, 5.74) is 6.99. The Balaban J connectivity index is 2.07. The number of benzene rings is 1. The minimum absolute atomic E-state index is 0.0923. The van der Waals surface area contributed by atoms with E-state index in [1.807, 2.05) is 0 Å². The monoisotopic (exact) mass is 302 g/mol. The molecular formula is C12H10N6O4. The van der Waals surface area contributed by atoms with Crippen molar-refractivity contribution in [1.82, 2.24) is 15.6 Å². The number of hydrazone groups is 1. The SMILES string of the molecule is Nc1cc(C(=O)N/N=C\c2cccc([N+](=O)[O-])c2)n[nH]c1=O. The van der Waals surface area contributed by atoms with Gasteiger partial charge in [-0.05, 0) is 6.07 Å². The number of amides is 1. The topological polar surface area (TPSA) is 156 Å². The van der Waals surface area contributed by atoms with Crippen LogP contribution in [0.4, 0.5) is 11.4 Å². The molecule has 2 rings (SSSR count). The zero-order chi connectivity index (χ0) is 16.1. The first-order valence-corrected chi connectivity index (χ1v) is 5.90. The zero-order valence-electron chi connectivity index (χ0n) is 11.0. The summed E-state index contributed by atoms with van der Waals surface area (Å²) in [7, 11) is 0. The fraction of sp³-hybridized carbons (Fsp3) is 0. The van der Waals surface area contributed by atoms with Gasteiger partial charge >= 0.3 is 0 Å². The van der Waals surface area contributed by atoms with Crippen molar-refractivity contribution in [3.63, 3.8) is 0 Å². The van der Waals surface area contributed by atoms with E-state index < -0.39 is 16.4 Å². The number of nitrogens with zero attached hydrogens (tertiary/aromatic N) is 3. The molecule has 0 unspecified atom stereocenters. The van der Waals surface area contributed by atoms with E-state index in [0.717, 1.165) is 6.07 Å². The molecule has 10 heteroatoms. The summed E-state index contributed by atoms with van der Waals surface area (Å²) < 4.78 is 0. The highest BCUT2D eigenvalue weighted by Gasteiger charge is 2.08. The molecule has 1 amide bonds. The van der Waals surface area contributed by atoms with E-state index in [1.54, 1.807) is 6.07 Å². The second-order valence-corrected chi connectivity index (χ2v) is 4.09. The summed E-state index contributed by atoms with van der Waals surface area (Å²) in [5.74, 6) is -0.690. The van der Waals surface area contributed by atoms with E-state index in [0.29, 0.717) is 5.56 Å². The van der Waals surface area contributed by atoms with E-state index in [-0.39, 0.29) is 17.1 Å². The van der Waals surface area contributed by atoms with E-state index in [4.69, 9.17) is 5.73 Å². The van der Waals surface area contributed by atoms with Gasteiger partial charge in [-0.25, -0.2) is 10.5 Å². The van der Waals surface area contributed by atoms with Crippen LogP contribution in [0, 0.1) is 10.1 Å². The zero-order valence-corrected chi connectivity index (χ0v) is 11.0. The number of nitro groups is 1. The first-order valence-electron chi connectivity index (χ1n) is 5.90. The Kier molecular flexibility index (Phi) is 4.22. The van der Waals surface area contributed by atoms with Crippen LogP contribution in [0.2, 0.25) is 0 Å². The van der Waals surface area contributed by atoms with E-state index in [9.17, 15) is 19.7 Å². The molecule has 1 aromatic carbocycles. The fourth-order valence-electron chi connectivity index (χ4n) is 1.48. The van der Waals surface area contributed by atoms with E-state index in [2.05, 4.69) is 20.7 Å². The number of carbonyl (C=O) groups excluding carboxylic acids is 1. The average molecular weight is 302 g/mol. The minimum atomic E-state index is -0.690. The molecule has 0 bridgehead atoms. The first-order chi connectivity index (χ1) is 10.5. The molecule has 112 valence electrons. The predicted molar refractivity (Wildman–Crippen MR) is 77.4 cm³/mol. The summed E-state index contributed by atoms with van der Waals surface area (Å²) in [5, 5.41) is 19.8. The molecule has 0 fully saturated rings. The standard InChI is InChI=1S/C12H10N6O4/c13-9-5-10(15-17-11(9)19)12(20)16-14-6-7-2-1-3-8(4-7)18(21)22/h1-6H,(H2,13,15)(H,16,20)(H,17,19)/b14-6-. The molecule has 4 N–H and O–H groups in total. The third-order valence-electron chi connectivity index (χ3n) is 2.53. The van der Waals surface area contributed by atoms with Gasteiger partial charge in [0.2, 0.25) is 0 Å². The Morgan fingerprint density at radius 3 is 2.91 bits per heavy atom. The van der Waals surface area contributed by atoms with E-state index in [1.165, 1.54) is 24.4 Å². The van der Waals surface area contributed by atoms with Gasteiger partial charge in [0.05, 0.1) is 11.1 Å². The lowest BCUT2D eigenvalue weighted by molar-refractivity contribution is -0.384. The van der Waals surface area contributed by atoms with Gasteiger partial charge in [0.15, 0.2) is 5.69 Å². The van der Waals surface area contributed by atoms with Gasteiger partial charge in [0.25, 0.3) is 17.2 Å². The van der Waals surface area contributed by atoms with Crippen LogP contribution in [0.3, 0.4) is 0 Å². The van der Waals surface area contributed by atoms with Crippen LogP contribution >= 0.6 is 0 Å². The molecule has 1 aromatic heterocycles. The number of H-pyrrole nitrogens is 1. The van der Waals surface area contributed by atoms with Crippen LogP contribution in [0.25, 0.3) is 0 Å². The maximum Gasteiger partial charge on any atom is 0.291 e. The number of carbonyl (C=O) groups is 1. The Bertz CT molecular complexity index is 813. The third kappa shape index (κ3) is 3.50. The largest absolute Gasteiger partial charge is 0.394 e. The van der Waals surface area contributed by atoms with Crippen molar-refractivity contribution in [2.24, 2.45) is 5.10 Å². The van der Waals surface area contributed by atoms with Gasteiger partial charge in [0, 0.05) is 17.7 Å². The molecule has 2 aromatic rings. The lowest BCUT2D eigenvalue weighted by atomic mass is 10.2. The summed E-state index contributed by atoms with van der Waals surface area (Å²) >= 11 is 0. The lowest BCUT2D eigenvalue weighted by Gasteiger charge is -1.99. The molecule has 0 saturated heterocycles. The van der Waals surface area contributed by atoms with Crippen molar-refractivity contribution < 1.29 is 9.72 Å². The number of hydrogen-bond acceptors (Lipinski definition) is 7. The average Bonchev–Trinajstić information content (AvgIpc) is 2.50. The van der Waals surface area contributed by atoms with Gasteiger partial charge in [-0.2, -0.15) is 10.2 Å². The van der Waals surface area contributed by atoms with E-state index >= 15 is 0 Å². The quantitative estimate of drug-likeness (QED) is 0.410. The van der Waals surface area contributed by atoms with Crippen LogP contribution < -0.4 is 16.7 Å². The Morgan fingerprint density at radius 2 is 2.23 bits per heavy atom. The van der Waals surface area contributed by atoms with Crippen molar-refractivity contribution in [3.05, 3.63) is 62.1 Å². The molecule has 0 radical (unpaired) electrons. The normalized spacial score (nSPS) is 10.5. The number of nitrogens with one attached hydrogen (secondary N) is 2. The minimum Gasteiger partial charge on any atom is -0.394 e. The molecule has 22 heavy (non-hydrogen) atoms. The molecule has 0 saturated carbocycles. The van der Waals surface area contributed by atoms with Crippen molar-refractivity contribution >= 4 is 23.5 Å². The Morgan fingerprint density at radius 1 is 1.45 bits per heavy atom. The predicted octanol–water partition coefficient (Wildman–Crippen LogP) is 0.0242. The number of non-ortho nitro benzene ring substituents is 1. The maximum absolute atomic E-state index is 11.7. The molecule has 0 spiro atoms. The van der Waals surface area contributed by atoms with Gasteiger partial charge < -0.3 is 5.73 Å². The number of anilines is 1. The second kappa shape index (κ2) is 6.26. The first kappa shape index (κ1) is 14.8. The molecule has 1 heterocycles.